The summed E-state index contributed by atoms with van der Waals surface area (Å²) in [5.74, 6) is 1.67. The number of Topliss-reactive ketones (excluding diaryl/α,β-unsaturated/α-hetero) is 1. The fraction of sp³-hybridized carbons (Fsp3) is 0.682. The van der Waals surface area contributed by atoms with Crippen LogP contribution in [0.2, 0.25) is 0 Å². The predicted octanol–water partition coefficient (Wildman–Crippen LogP) is 4.38. The van der Waals surface area contributed by atoms with Crippen molar-refractivity contribution in [3.8, 4) is 0 Å². The minimum absolute atomic E-state index is 0.150. The van der Waals surface area contributed by atoms with Crippen LogP contribution in [0.5, 0.6) is 0 Å². The normalized spacial score (nSPS) is 49.4. The van der Waals surface area contributed by atoms with Crippen LogP contribution in [-0.2, 0) is 9.59 Å². The molecule has 0 aromatic carbocycles. The number of nitrogens with one attached hydrogen (secondary N) is 1. The smallest absolute Gasteiger partial charge is 0.199 e. The quantitative estimate of drug-likeness (QED) is 0.666. The van der Waals surface area contributed by atoms with Crippen LogP contribution in [0.3, 0.4) is 0 Å². The van der Waals surface area contributed by atoms with Crippen LogP contribution in [0.25, 0.3) is 0 Å². The molecule has 0 radical (unpaired) electrons. The lowest BCUT2D eigenvalue weighted by Crippen LogP contribution is -2.59. The Kier molecular flexibility index (Phi) is 3.40. The van der Waals surface area contributed by atoms with Gasteiger partial charge in [-0.2, -0.15) is 0 Å². The van der Waals surface area contributed by atoms with Crippen LogP contribution in [0.1, 0.15) is 53.4 Å². The van der Waals surface area contributed by atoms with E-state index in [0.717, 1.165) is 30.4 Å². The minimum Gasteiger partial charge on any atom is -0.301 e. The fourth-order valence-electron chi connectivity index (χ4n) is 7.05. The molecule has 3 saturated carbocycles. The molecule has 0 spiro atoms. The lowest BCUT2D eigenvalue weighted by molar-refractivity contribution is -0.134. The zero-order chi connectivity index (χ0) is 18.3. The first-order chi connectivity index (χ1) is 11.6. The highest BCUT2D eigenvalue weighted by atomic mass is 16.1. The number of rotatable bonds is 0. The van der Waals surface area contributed by atoms with Crippen LogP contribution in [-0.4, -0.2) is 17.3 Å². The van der Waals surface area contributed by atoms with E-state index in [1.54, 1.807) is 6.08 Å². The maximum absolute atomic E-state index is 12.6. The van der Waals surface area contributed by atoms with Crippen LogP contribution in [0.15, 0.2) is 23.8 Å². The Morgan fingerprint density at radius 3 is 2.56 bits per heavy atom. The minimum atomic E-state index is -0.202. The first-order valence-corrected chi connectivity index (χ1v) is 9.67. The summed E-state index contributed by atoms with van der Waals surface area (Å²) in [6, 6.07) is 0. The third-order valence-electron chi connectivity index (χ3n) is 8.70. The van der Waals surface area contributed by atoms with Gasteiger partial charge in [-0.1, -0.05) is 38.5 Å². The van der Waals surface area contributed by atoms with Gasteiger partial charge in [0.1, 0.15) is 5.78 Å². The van der Waals surface area contributed by atoms with Gasteiger partial charge in [-0.3, -0.25) is 9.59 Å². The van der Waals surface area contributed by atoms with Crippen molar-refractivity contribution < 1.29 is 9.59 Å². The molecular formula is C22H29NO2. The van der Waals surface area contributed by atoms with Gasteiger partial charge in [0.15, 0.2) is 5.78 Å². The summed E-state index contributed by atoms with van der Waals surface area (Å²) >= 11 is 0. The monoisotopic (exact) mass is 339 g/mol. The molecule has 134 valence electrons. The molecule has 3 nitrogen and oxygen atoms in total. The lowest BCUT2D eigenvalue weighted by atomic mass is 9.41. The second-order valence-electron chi connectivity index (χ2n) is 9.39. The molecule has 1 unspecified atom stereocenters. The predicted molar refractivity (Wildman–Crippen MR) is 98.4 cm³/mol. The molecular weight excluding hydrogens is 310 g/mol. The van der Waals surface area contributed by atoms with Gasteiger partial charge in [-0.25, -0.2) is 0 Å². The van der Waals surface area contributed by atoms with E-state index in [1.165, 1.54) is 0 Å². The summed E-state index contributed by atoms with van der Waals surface area (Å²) in [6.07, 6.45) is 5.36. The van der Waals surface area contributed by atoms with Gasteiger partial charge in [0.25, 0.3) is 0 Å². The van der Waals surface area contributed by atoms with E-state index in [4.69, 9.17) is 5.41 Å². The number of carbonyl (C=O) groups excluding carboxylic acids is 2. The second kappa shape index (κ2) is 5.02. The van der Waals surface area contributed by atoms with Gasteiger partial charge >= 0.3 is 0 Å². The van der Waals surface area contributed by atoms with E-state index in [9.17, 15) is 9.59 Å². The third-order valence-corrected chi connectivity index (χ3v) is 8.70. The molecule has 0 saturated heterocycles. The largest absolute Gasteiger partial charge is 0.301 e. The number of hydrogen-bond donors (Lipinski definition) is 1. The van der Waals surface area contributed by atoms with Crippen molar-refractivity contribution in [2.24, 2.45) is 40.4 Å². The summed E-state index contributed by atoms with van der Waals surface area (Å²) in [7, 11) is 0. The number of fused-ring (bicyclic) bond motifs is 5. The van der Waals surface area contributed by atoms with Crippen LogP contribution >= 0.6 is 0 Å². The summed E-state index contributed by atoms with van der Waals surface area (Å²) in [5.41, 5.74) is 1.99. The van der Waals surface area contributed by atoms with E-state index in [0.29, 0.717) is 30.0 Å². The van der Waals surface area contributed by atoms with E-state index < -0.39 is 0 Å². The van der Waals surface area contributed by atoms with E-state index in [2.05, 4.69) is 34.3 Å². The van der Waals surface area contributed by atoms with Crippen LogP contribution in [0, 0.1) is 45.8 Å². The molecule has 0 aliphatic heterocycles. The Hall–Kier alpha value is -1.51. The summed E-state index contributed by atoms with van der Waals surface area (Å²) in [5, 5.41) is 8.47. The molecule has 4 aliphatic rings. The number of hydrogen-bond acceptors (Lipinski definition) is 3. The molecule has 4 aliphatic carbocycles. The standard InChI is InChI=1S/C22H29NO2/c1-11-10-16(24)20(23)19-13(3)12(2)18-14-6-7-17(25)21(14,4)9-8-15(18)22(11,19)5/h10,12,14-15,18-19,23H,3,6-9H2,1-2,4-5H3/t12-,14+,15+,18+,19?,21+,22-/m1/s1. The van der Waals surface area contributed by atoms with Crippen LogP contribution in [0.4, 0.5) is 0 Å². The third kappa shape index (κ3) is 1.85. The molecule has 3 fully saturated rings. The van der Waals surface area contributed by atoms with Crippen molar-refractivity contribution in [2.45, 2.75) is 53.4 Å². The molecule has 0 heterocycles. The lowest BCUT2D eigenvalue weighted by Gasteiger charge is -2.62. The van der Waals surface area contributed by atoms with Crippen LogP contribution < -0.4 is 0 Å². The summed E-state index contributed by atoms with van der Waals surface area (Å²) < 4.78 is 0. The number of ketones is 2. The van der Waals surface area contributed by atoms with Crippen molar-refractivity contribution >= 4 is 17.3 Å². The molecule has 0 aromatic heterocycles. The molecule has 7 atom stereocenters. The average molecular weight is 339 g/mol. The first-order valence-electron chi connectivity index (χ1n) is 9.67. The topological polar surface area (TPSA) is 58.0 Å². The first kappa shape index (κ1) is 16.9. The maximum atomic E-state index is 12.6. The fourth-order valence-corrected chi connectivity index (χ4v) is 7.05. The van der Waals surface area contributed by atoms with Gasteiger partial charge in [-0.15, -0.1) is 0 Å². The van der Waals surface area contributed by atoms with Crippen molar-refractivity contribution in [1.82, 2.24) is 0 Å². The molecule has 3 heteroatoms. The van der Waals surface area contributed by atoms with Gasteiger partial charge in [0.05, 0.1) is 5.71 Å². The van der Waals surface area contributed by atoms with E-state index in [1.807, 2.05) is 0 Å². The van der Waals surface area contributed by atoms with Gasteiger partial charge < -0.3 is 5.41 Å². The molecule has 4 rings (SSSR count). The van der Waals surface area contributed by atoms with Crippen molar-refractivity contribution in [3.63, 3.8) is 0 Å². The molecule has 0 amide bonds. The number of carbonyl (C=O) groups is 2. The Labute approximate surface area is 150 Å². The Morgan fingerprint density at radius 2 is 1.88 bits per heavy atom. The molecule has 1 N–H and O–H groups in total. The highest BCUT2D eigenvalue weighted by Gasteiger charge is 2.64. The van der Waals surface area contributed by atoms with Gasteiger partial charge in [-0.05, 0) is 55.9 Å². The zero-order valence-corrected chi connectivity index (χ0v) is 15.8. The van der Waals surface area contributed by atoms with Crippen molar-refractivity contribution in [1.29, 1.82) is 5.41 Å². The van der Waals surface area contributed by atoms with E-state index >= 15 is 0 Å². The van der Waals surface area contributed by atoms with Gasteiger partial charge in [0.2, 0.25) is 0 Å². The highest BCUT2D eigenvalue weighted by Crippen LogP contribution is 2.67. The maximum Gasteiger partial charge on any atom is 0.199 e. The molecule has 0 aromatic rings. The van der Waals surface area contributed by atoms with Crippen molar-refractivity contribution in [3.05, 3.63) is 23.8 Å². The Morgan fingerprint density at radius 1 is 1.20 bits per heavy atom. The number of allylic oxidation sites excluding steroid dienone is 3. The second-order valence-corrected chi connectivity index (χ2v) is 9.39. The van der Waals surface area contributed by atoms with Crippen molar-refractivity contribution in [2.75, 3.05) is 0 Å². The molecule has 0 bridgehead atoms. The summed E-state index contributed by atoms with van der Waals surface area (Å²) in [6.45, 7) is 13.1. The van der Waals surface area contributed by atoms with E-state index in [-0.39, 0.29) is 34.2 Å². The molecule has 25 heavy (non-hydrogen) atoms. The van der Waals surface area contributed by atoms with Gasteiger partial charge in [0, 0.05) is 23.2 Å². The summed E-state index contributed by atoms with van der Waals surface area (Å²) in [4.78, 5) is 24.9. The highest BCUT2D eigenvalue weighted by molar-refractivity contribution is 6.45. The Bertz CT molecular complexity index is 747. The SMILES string of the molecule is C=C1C2C(=N)C(=O)C=C(C)[C@]2(C)[C@H]2CC[C@]3(C)C(=O)CC[C@H]3[C@@H]2[C@@H]1C. The Balaban J connectivity index is 1.87. The zero-order valence-electron chi connectivity index (χ0n) is 15.8. The average Bonchev–Trinajstić information content (AvgIpc) is 2.86.